The van der Waals surface area contributed by atoms with Crippen LogP contribution in [0.4, 0.5) is 17.1 Å². The summed E-state index contributed by atoms with van der Waals surface area (Å²) in [6.07, 6.45) is 2.31. The van der Waals surface area contributed by atoms with Gasteiger partial charge in [-0.2, -0.15) is 0 Å². The molecule has 4 unspecified atom stereocenters. The van der Waals surface area contributed by atoms with Gasteiger partial charge in [-0.25, -0.2) is 4.90 Å². The summed E-state index contributed by atoms with van der Waals surface area (Å²) in [5.41, 5.74) is 1.15. The second-order valence-corrected chi connectivity index (χ2v) is 9.49. The molecule has 4 atom stereocenters. The SMILES string of the molecule is CCc1ccc2c(c1)C1(C(=O)N2)C2C(=O)N(c3ccc([N+](=O)[O-])cc3OC)C(=O)C2C2CCCN21. The van der Waals surface area contributed by atoms with Crippen LogP contribution in [0.25, 0.3) is 0 Å². The van der Waals surface area contributed by atoms with Gasteiger partial charge in [-0.15, -0.1) is 0 Å². The molecular formula is C25H24N4O6. The van der Waals surface area contributed by atoms with Crippen LogP contribution in [-0.2, 0) is 26.3 Å². The Labute approximate surface area is 201 Å². The topological polar surface area (TPSA) is 122 Å². The summed E-state index contributed by atoms with van der Waals surface area (Å²) < 4.78 is 5.34. The largest absolute Gasteiger partial charge is 0.494 e. The van der Waals surface area contributed by atoms with Gasteiger partial charge in [0.05, 0.1) is 35.6 Å². The quantitative estimate of drug-likeness (QED) is 0.409. The summed E-state index contributed by atoms with van der Waals surface area (Å²) in [5, 5.41) is 14.2. The zero-order valence-electron chi connectivity index (χ0n) is 19.3. The number of fused-ring (bicyclic) bond motifs is 7. The number of non-ortho nitro benzene ring substituents is 1. The standard InChI is InChI=1S/C25H24N4O6/c1-3-13-6-8-16-15(11-13)25(24(32)26-16)21-20(18-5-4-10-27(18)25)22(30)28(23(21)31)17-9-7-14(29(33)34)12-19(17)35-2/h6-9,11-12,18,20-21H,3-5,10H2,1-2H3,(H,26,32). The molecule has 0 aromatic heterocycles. The number of benzene rings is 2. The van der Waals surface area contributed by atoms with Crippen LogP contribution in [0.5, 0.6) is 5.75 Å². The van der Waals surface area contributed by atoms with Crippen LogP contribution < -0.4 is 15.0 Å². The van der Waals surface area contributed by atoms with Crippen LogP contribution in [-0.4, -0.2) is 47.2 Å². The van der Waals surface area contributed by atoms with E-state index in [4.69, 9.17) is 4.74 Å². The Morgan fingerprint density at radius 3 is 2.69 bits per heavy atom. The number of methoxy groups -OCH3 is 1. The Hall–Kier alpha value is -3.79. The maximum absolute atomic E-state index is 14.1. The predicted molar refractivity (Wildman–Crippen MR) is 125 cm³/mol. The van der Waals surface area contributed by atoms with E-state index in [2.05, 4.69) is 10.2 Å². The Kier molecular flexibility index (Phi) is 4.56. The third kappa shape index (κ3) is 2.60. The van der Waals surface area contributed by atoms with Crippen molar-refractivity contribution < 1.29 is 24.0 Å². The monoisotopic (exact) mass is 476 g/mol. The smallest absolute Gasteiger partial charge is 0.273 e. The number of aryl methyl sites for hydroxylation is 1. The molecule has 3 amide bonds. The molecule has 35 heavy (non-hydrogen) atoms. The van der Waals surface area contributed by atoms with E-state index in [0.29, 0.717) is 18.7 Å². The lowest BCUT2D eigenvalue weighted by Gasteiger charge is -2.36. The number of ether oxygens (including phenoxy) is 1. The van der Waals surface area contributed by atoms with Crippen LogP contribution in [0.2, 0.25) is 0 Å². The number of carbonyl (C=O) groups excluding carboxylic acids is 3. The zero-order valence-corrected chi connectivity index (χ0v) is 19.3. The number of hydrogen-bond acceptors (Lipinski definition) is 7. The second-order valence-electron chi connectivity index (χ2n) is 9.49. The molecule has 10 heteroatoms. The predicted octanol–water partition coefficient (Wildman–Crippen LogP) is 2.60. The number of carbonyl (C=O) groups is 3. The van der Waals surface area contributed by atoms with Crippen LogP contribution in [0.15, 0.2) is 36.4 Å². The average Bonchev–Trinajstić information content (AvgIpc) is 3.56. The van der Waals surface area contributed by atoms with E-state index in [1.54, 1.807) is 0 Å². The van der Waals surface area contributed by atoms with Crippen LogP contribution in [0.3, 0.4) is 0 Å². The van der Waals surface area contributed by atoms with Crippen molar-refractivity contribution in [3.05, 3.63) is 57.6 Å². The lowest BCUT2D eigenvalue weighted by atomic mass is 9.75. The van der Waals surface area contributed by atoms with Crippen molar-refractivity contribution in [2.24, 2.45) is 11.8 Å². The van der Waals surface area contributed by atoms with E-state index in [1.807, 2.05) is 25.1 Å². The van der Waals surface area contributed by atoms with E-state index in [0.717, 1.165) is 28.9 Å². The van der Waals surface area contributed by atoms with Crippen molar-refractivity contribution in [1.29, 1.82) is 0 Å². The highest BCUT2D eigenvalue weighted by atomic mass is 16.6. The summed E-state index contributed by atoms with van der Waals surface area (Å²) in [5.74, 6) is -2.68. The van der Waals surface area contributed by atoms with Crippen molar-refractivity contribution in [2.45, 2.75) is 37.8 Å². The minimum atomic E-state index is -1.26. The van der Waals surface area contributed by atoms with Crippen molar-refractivity contribution in [3.8, 4) is 5.75 Å². The Bertz CT molecular complexity index is 1330. The number of amides is 3. The Balaban J connectivity index is 1.53. The first kappa shape index (κ1) is 21.7. The first-order valence-corrected chi connectivity index (χ1v) is 11.8. The van der Waals surface area contributed by atoms with Crippen molar-refractivity contribution in [3.63, 3.8) is 0 Å². The van der Waals surface area contributed by atoms with E-state index >= 15 is 0 Å². The molecule has 0 aliphatic carbocycles. The lowest BCUT2D eigenvalue weighted by molar-refractivity contribution is -0.384. The Morgan fingerprint density at radius 1 is 1.17 bits per heavy atom. The molecule has 0 bridgehead atoms. The molecule has 4 aliphatic rings. The van der Waals surface area contributed by atoms with Crippen LogP contribution in [0, 0.1) is 22.0 Å². The number of rotatable bonds is 4. The van der Waals surface area contributed by atoms with Gasteiger partial charge in [0.2, 0.25) is 17.7 Å². The third-order valence-electron chi connectivity index (χ3n) is 8.08. The number of nitro benzene ring substituents is 1. The fourth-order valence-electron chi connectivity index (χ4n) is 6.67. The van der Waals surface area contributed by atoms with E-state index < -0.39 is 34.1 Å². The van der Waals surface area contributed by atoms with Gasteiger partial charge in [-0.05, 0) is 43.5 Å². The number of anilines is 2. The molecule has 180 valence electrons. The molecule has 0 radical (unpaired) electrons. The molecule has 6 rings (SSSR count). The lowest BCUT2D eigenvalue weighted by Crippen LogP contribution is -2.54. The highest BCUT2D eigenvalue weighted by Gasteiger charge is 2.74. The molecule has 2 aromatic rings. The summed E-state index contributed by atoms with van der Waals surface area (Å²) in [6.45, 7) is 2.66. The molecule has 0 saturated carbocycles. The first-order chi connectivity index (χ1) is 16.8. The fourth-order valence-corrected chi connectivity index (χ4v) is 6.67. The summed E-state index contributed by atoms with van der Waals surface area (Å²) in [7, 11) is 1.33. The molecule has 1 spiro atoms. The molecule has 4 aliphatic heterocycles. The number of nitrogens with zero attached hydrogens (tertiary/aromatic N) is 3. The highest BCUT2D eigenvalue weighted by Crippen LogP contribution is 2.61. The normalized spacial score (nSPS) is 28.9. The average molecular weight is 476 g/mol. The molecule has 3 fully saturated rings. The molecule has 10 nitrogen and oxygen atoms in total. The van der Waals surface area contributed by atoms with Crippen LogP contribution >= 0.6 is 0 Å². The van der Waals surface area contributed by atoms with Gasteiger partial charge in [0, 0.05) is 23.4 Å². The van der Waals surface area contributed by atoms with E-state index in [-0.39, 0.29) is 29.1 Å². The Morgan fingerprint density at radius 2 is 1.97 bits per heavy atom. The molecule has 3 saturated heterocycles. The van der Waals surface area contributed by atoms with Crippen LogP contribution in [0.1, 0.15) is 30.9 Å². The highest BCUT2D eigenvalue weighted by molar-refractivity contribution is 6.26. The second kappa shape index (κ2) is 7.35. The van der Waals surface area contributed by atoms with E-state index in [9.17, 15) is 24.5 Å². The molecule has 2 aromatic carbocycles. The zero-order chi connectivity index (χ0) is 24.6. The van der Waals surface area contributed by atoms with Gasteiger partial charge in [-0.3, -0.25) is 29.4 Å². The number of hydrogen-bond donors (Lipinski definition) is 1. The minimum absolute atomic E-state index is 0.0581. The molecule has 1 N–H and O–H groups in total. The van der Waals surface area contributed by atoms with Gasteiger partial charge in [0.15, 0.2) is 0 Å². The summed E-state index contributed by atoms with van der Waals surface area (Å²) in [6, 6.07) is 9.39. The van der Waals surface area contributed by atoms with Crippen molar-refractivity contribution >= 4 is 34.8 Å². The number of nitro groups is 1. The van der Waals surface area contributed by atoms with Gasteiger partial charge in [0.25, 0.3) is 5.69 Å². The number of nitrogens with one attached hydrogen (secondary N) is 1. The first-order valence-electron chi connectivity index (χ1n) is 11.8. The molecule has 4 heterocycles. The maximum atomic E-state index is 14.1. The third-order valence-corrected chi connectivity index (χ3v) is 8.08. The van der Waals surface area contributed by atoms with E-state index in [1.165, 1.54) is 25.3 Å². The van der Waals surface area contributed by atoms with Crippen molar-refractivity contribution in [1.82, 2.24) is 4.90 Å². The maximum Gasteiger partial charge on any atom is 0.273 e. The number of imide groups is 1. The van der Waals surface area contributed by atoms with Gasteiger partial charge < -0.3 is 10.1 Å². The van der Waals surface area contributed by atoms with Gasteiger partial charge in [-0.1, -0.05) is 19.1 Å². The fraction of sp³-hybridized carbons (Fsp3) is 0.400. The molecular weight excluding hydrogens is 452 g/mol. The summed E-state index contributed by atoms with van der Waals surface area (Å²) >= 11 is 0. The minimum Gasteiger partial charge on any atom is -0.494 e. The summed E-state index contributed by atoms with van der Waals surface area (Å²) in [4.78, 5) is 55.5. The van der Waals surface area contributed by atoms with Crippen molar-refractivity contribution in [2.75, 3.05) is 23.9 Å². The van der Waals surface area contributed by atoms with Gasteiger partial charge >= 0.3 is 0 Å². The van der Waals surface area contributed by atoms with Gasteiger partial charge in [0.1, 0.15) is 11.3 Å².